The first-order valence-corrected chi connectivity index (χ1v) is 6.43. The van der Waals surface area contributed by atoms with Crippen molar-refractivity contribution in [2.45, 2.75) is 25.2 Å². The zero-order valence-electron chi connectivity index (χ0n) is 9.42. The number of piperidine rings is 1. The number of carbonyl (C=O) groups excluding carboxylic acids is 1. The lowest BCUT2D eigenvalue weighted by atomic mass is 9.70. The smallest absolute Gasteiger partial charge is 0.140 e. The summed E-state index contributed by atoms with van der Waals surface area (Å²) in [5.41, 5.74) is 0.856. The maximum absolute atomic E-state index is 12.0. The lowest BCUT2D eigenvalue weighted by Gasteiger charge is -2.36. The molecule has 1 fully saturated rings. The number of hydrogen-bond acceptors (Lipinski definition) is 2. The molecule has 86 valence electrons. The first-order chi connectivity index (χ1) is 7.67. The Balaban J connectivity index is 2.47. The van der Waals surface area contributed by atoms with Gasteiger partial charge in [-0.15, -0.1) is 0 Å². The van der Waals surface area contributed by atoms with Crippen LogP contribution in [0.25, 0.3) is 0 Å². The van der Waals surface area contributed by atoms with E-state index in [0.717, 1.165) is 36.0 Å². The van der Waals surface area contributed by atoms with Gasteiger partial charge >= 0.3 is 0 Å². The van der Waals surface area contributed by atoms with Gasteiger partial charge in [0.25, 0.3) is 0 Å². The Kier molecular flexibility index (Phi) is 3.45. The van der Waals surface area contributed by atoms with Crippen LogP contribution in [0, 0.1) is 0 Å². The molecule has 0 unspecified atom stereocenters. The van der Waals surface area contributed by atoms with Crippen molar-refractivity contribution in [3.63, 3.8) is 0 Å². The van der Waals surface area contributed by atoms with Crippen molar-refractivity contribution in [3.8, 4) is 0 Å². The van der Waals surface area contributed by atoms with Gasteiger partial charge in [0.1, 0.15) is 5.78 Å². The Labute approximate surface area is 105 Å². The third-order valence-corrected chi connectivity index (χ3v) is 4.21. The van der Waals surface area contributed by atoms with Gasteiger partial charge in [-0.25, -0.2) is 0 Å². The van der Waals surface area contributed by atoms with Crippen LogP contribution in [0.2, 0.25) is 0 Å². The molecule has 0 spiro atoms. The second-order valence-electron chi connectivity index (χ2n) is 4.37. The quantitative estimate of drug-likeness (QED) is 0.903. The molecule has 1 N–H and O–H groups in total. The Morgan fingerprint density at radius 1 is 1.31 bits per heavy atom. The normalized spacial score (nSPS) is 19.4. The third kappa shape index (κ3) is 1.94. The molecular weight excluding hydrogens is 266 g/mol. The van der Waals surface area contributed by atoms with Crippen molar-refractivity contribution in [1.82, 2.24) is 5.32 Å². The van der Waals surface area contributed by atoms with Crippen molar-refractivity contribution in [1.29, 1.82) is 0 Å². The molecule has 0 bridgehead atoms. The number of nitrogens with one attached hydrogen (secondary N) is 1. The summed E-state index contributed by atoms with van der Waals surface area (Å²) in [5, 5.41) is 3.32. The van der Waals surface area contributed by atoms with Gasteiger partial charge in [0.05, 0.1) is 5.41 Å². The zero-order valence-corrected chi connectivity index (χ0v) is 11.0. The average molecular weight is 282 g/mol. The maximum atomic E-state index is 12.0. The first kappa shape index (κ1) is 11.8. The molecule has 1 aromatic carbocycles. The van der Waals surface area contributed by atoms with Gasteiger partial charge in [-0.3, -0.25) is 4.79 Å². The van der Waals surface area contributed by atoms with Gasteiger partial charge in [-0.1, -0.05) is 34.1 Å². The van der Waals surface area contributed by atoms with E-state index in [2.05, 4.69) is 27.3 Å². The molecule has 1 aliphatic rings. The van der Waals surface area contributed by atoms with Crippen LogP contribution in [0.1, 0.15) is 25.3 Å². The minimum absolute atomic E-state index is 0.279. The van der Waals surface area contributed by atoms with Crippen LogP contribution < -0.4 is 5.32 Å². The van der Waals surface area contributed by atoms with Crippen molar-refractivity contribution in [2.75, 3.05) is 13.1 Å². The van der Waals surface area contributed by atoms with Crippen molar-refractivity contribution in [3.05, 3.63) is 34.3 Å². The monoisotopic (exact) mass is 281 g/mol. The van der Waals surface area contributed by atoms with E-state index in [1.807, 2.05) is 18.2 Å². The number of benzene rings is 1. The van der Waals surface area contributed by atoms with Crippen LogP contribution in [-0.2, 0) is 10.2 Å². The third-order valence-electron chi connectivity index (χ3n) is 3.52. The van der Waals surface area contributed by atoms with Crippen LogP contribution in [0.15, 0.2) is 28.7 Å². The average Bonchev–Trinajstić information content (AvgIpc) is 2.30. The summed E-state index contributed by atoms with van der Waals surface area (Å²) >= 11 is 3.56. The summed E-state index contributed by atoms with van der Waals surface area (Å²) in [6.07, 6.45) is 1.79. The second-order valence-corrected chi connectivity index (χ2v) is 5.22. The minimum Gasteiger partial charge on any atom is -0.317 e. The van der Waals surface area contributed by atoms with Gasteiger partial charge in [-0.05, 0) is 44.5 Å². The zero-order chi connectivity index (χ0) is 11.6. The van der Waals surface area contributed by atoms with Crippen LogP contribution in [0.4, 0.5) is 0 Å². The molecular formula is C13H16BrNO. The van der Waals surface area contributed by atoms with E-state index in [4.69, 9.17) is 0 Å². The lowest BCUT2D eigenvalue weighted by Crippen LogP contribution is -2.44. The summed E-state index contributed by atoms with van der Waals surface area (Å²) in [7, 11) is 0. The highest BCUT2D eigenvalue weighted by Crippen LogP contribution is 2.38. The molecule has 1 heterocycles. The highest BCUT2D eigenvalue weighted by molar-refractivity contribution is 9.10. The van der Waals surface area contributed by atoms with Crippen LogP contribution >= 0.6 is 15.9 Å². The Hall–Kier alpha value is -0.670. The summed E-state index contributed by atoms with van der Waals surface area (Å²) in [6.45, 7) is 3.55. The number of Topliss-reactive ketones (excluding diaryl/α,β-unsaturated/α-hetero) is 1. The molecule has 0 atom stereocenters. The van der Waals surface area contributed by atoms with E-state index in [1.165, 1.54) is 0 Å². The summed E-state index contributed by atoms with van der Waals surface area (Å²) in [4.78, 5) is 12.0. The molecule has 16 heavy (non-hydrogen) atoms. The van der Waals surface area contributed by atoms with Crippen molar-refractivity contribution < 1.29 is 4.79 Å². The van der Waals surface area contributed by atoms with E-state index in [-0.39, 0.29) is 11.2 Å². The summed E-state index contributed by atoms with van der Waals surface area (Å²) in [6, 6.07) is 8.08. The van der Waals surface area contributed by atoms with Gasteiger partial charge in [-0.2, -0.15) is 0 Å². The van der Waals surface area contributed by atoms with E-state index in [0.29, 0.717) is 0 Å². The van der Waals surface area contributed by atoms with Crippen molar-refractivity contribution in [2.24, 2.45) is 0 Å². The minimum atomic E-state index is -0.286. The van der Waals surface area contributed by atoms with Crippen LogP contribution in [0.5, 0.6) is 0 Å². The number of ketones is 1. The van der Waals surface area contributed by atoms with Gasteiger partial charge in [0.15, 0.2) is 0 Å². The maximum Gasteiger partial charge on any atom is 0.140 e. The molecule has 1 saturated heterocycles. The summed E-state index contributed by atoms with van der Waals surface area (Å²) in [5.74, 6) is 0.279. The topological polar surface area (TPSA) is 29.1 Å². The fourth-order valence-electron chi connectivity index (χ4n) is 2.51. The predicted octanol–water partition coefficient (Wildman–Crippen LogP) is 2.66. The molecule has 0 aliphatic carbocycles. The molecule has 0 saturated carbocycles. The molecule has 3 heteroatoms. The van der Waals surface area contributed by atoms with E-state index < -0.39 is 0 Å². The Morgan fingerprint density at radius 2 is 1.94 bits per heavy atom. The van der Waals surface area contributed by atoms with E-state index >= 15 is 0 Å². The highest BCUT2D eigenvalue weighted by Gasteiger charge is 2.39. The van der Waals surface area contributed by atoms with E-state index in [9.17, 15) is 4.79 Å². The first-order valence-electron chi connectivity index (χ1n) is 5.63. The van der Waals surface area contributed by atoms with Gasteiger partial charge in [0, 0.05) is 4.47 Å². The Morgan fingerprint density at radius 3 is 2.50 bits per heavy atom. The highest BCUT2D eigenvalue weighted by atomic mass is 79.9. The fraction of sp³-hybridized carbons (Fsp3) is 0.462. The molecule has 0 radical (unpaired) electrons. The van der Waals surface area contributed by atoms with Crippen LogP contribution in [0.3, 0.4) is 0 Å². The molecule has 2 nitrogen and oxygen atoms in total. The summed E-state index contributed by atoms with van der Waals surface area (Å²) < 4.78 is 1.05. The van der Waals surface area contributed by atoms with Gasteiger partial charge < -0.3 is 5.32 Å². The largest absolute Gasteiger partial charge is 0.317 e. The molecule has 1 aliphatic heterocycles. The predicted molar refractivity (Wildman–Crippen MR) is 68.6 cm³/mol. The number of halogens is 1. The SMILES string of the molecule is CC(=O)C1(c2ccccc2Br)CCNCC1. The molecule has 0 amide bonds. The standard InChI is InChI=1S/C13H16BrNO/c1-10(16)13(6-8-15-9-7-13)11-4-2-3-5-12(11)14/h2-5,15H,6-9H2,1H3. The van der Waals surface area contributed by atoms with Crippen LogP contribution in [-0.4, -0.2) is 18.9 Å². The lowest BCUT2D eigenvalue weighted by molar-refractivity contribution is -0.123. The number of rotatable bonds is 2. The molecule has 1 aromatic rings. The Bertz CT molecular complexity index is 397. The van der Waals surface area contributed by atoms with Crippen molar-refractivity contribution >= 4 is 21.7 Å². The number of carbonyl (C=O) groups is 1. The number of hydrogen-bond donors (Lipinski definition) is 1. The fourth-order valence-corrected chi connectivity index (χ4v) is 3.18. The molecule has 0 aromatic heterocycles. The van der Waals surface area contributed by atoms with E-state index in [1.54, 1.807) is 6.92 Å². The molecule has 2 rings (SSSR count). The van der Waals surface area contributed by atoms with Gasteiger partial charge in [0.2, 0.25) is 0 Å². The second kappa shape index (κ2) is 4.68.